The minimum Gasteiger partial charge on any atom is -0.394 e. The van der Waals surface area contributed by atoms with E-state index in [0.717, 1.165) is 23.6 Å². The van der Waals surface area contributed by atoms with E-state index in [9.17, 15) is 0 Å². The lowest BCUT2D eigenvalue weighted by atomic mass is 10.1. The summed E-state index contributed by atoms with van der Waals surface area (Å²) in [5, 5.41) is 7.62. The van der Waals surface area contributed by atoms with Gasteiger partial charge < -0.3 is 15.8 Å². The maximum Gasteiger partial charge on any atom is 0.147 e. The molecule has 0 aliphatic heterocycles. The van der Waals surface area contributed by atoms with Crippen LogP contribution in [-0.2, 0) is 18.2 Å². The zero-order chi connectivity index (χ0) is 12.3. The van der Waals surface area contributed by atoms with Gasteiger partial charge in [-0.3, -0.25) is 4.68 Å². The van der Waals surface area contributed by atoms with E-state index in [2.05, 4.69) is 10.4 Å². The first kappa shape index (κ1) is 12.8. The summed E-state index contributed by atoms with van der Waals surface area (Å²) in [5.41, 5.74) is 7.44. The normalized spacial score (nSPS) is 11.8. The van der Waals surface area contributed by atoms with Crippen molar-refractivity contribution in [1.82, 2.24) is 9.78 Å². The number of nitrogens with two attached hydrogens (primary N) is 1. The highest BCUT2D eigenvalue weighted by Crippen LogP contribution is 2.23. The lowest BCUT2D eigenvalue weighted by Gasteiger charge is -2.23. The van der Waals surface area contributed by atoms with Crippen LogP contribution in [0.15, 0.2) is 0 Å². The molecular weight excluding hydrogens is 204 g/mol. The fraction of sp³-hybridized carbons (Fsp3) is 0.727. The molecule has 0 atom stereocenters. The Morgan fingerprint density at radius 2 is 2.12 bits per heavy atom. The Bertz CT molecular complexity index is 357. The maximum atomic E-state index is 6.00. The standard InChI is InChI=1S/C11H22N4O/c1-6-8-9(12)10(15(4)14-8)13-7-11(2,3)16-5/h13H,6-7,12H2,1-5H3. The van der Waals surface area contributed by atoms with Crippen molar-refractivity contribution in [3.63, 3.8) is 0 Å². The third kappa shape index (κ3) is 2.66. The summed E-state index contributed by atoms with van der Waals surface area (Å²) in [6, 6.07) is 0. The van der Waals surface area contributed by atoms with Gasteiger partial charge in [0.1, 0.15) is 5.82 Å². The number of ether oxygens (including phenoxy) is 1. The molecule has 0 bridgehead atoms. The highest BCUT2D eigenvalue weighted by atomic mass is 16.5. The number of nitrogens with zero attached hydrogens (tertiary/aromatic N) is 2. The maximum absolute atomic E-state index is 6.00. The summed E-state index contributed by atoms with van der Waals surface area (Å²) < 4.78 is 7.12. The lowest BCUT2D eigenvalue weighted by Crippen LogP contribution is -2.32. The van der Waals surface area contributed by atoms with Gasteiger partial charge in [0.05, 0.1) is 17.0 Å². The minimum absolute atomic E-state index is 0.219. The van der Waals surface area contributed by atoms with Crippen molar-refractivity contribution in [3.8, 4) is 0 Å². The number of hydrogen-bond acceptors (Lipinski definition) is 4. The van der Waals surface area contributed by atoms with Gasteiger partial charge in [-0.25, -0.2) is 0 Å². The Morgan fingerprint density at radius 3 is 2.56 bits per heavy atom. The van der Waals surface area contributed by atoms with Gasteiger partial charge in [-0.05, 0) is 20.3 Å². The molecule has 5 nitrogen and oxygen atoms in total. The van der Waals surface area contributed by atoms with Crippen LogP contribution in [0.5, 0.6) is 0 Å². The zero-order valence-corrected chi connectivity index (χ0v) is 10.8. The van der Waals surface area contributed by atoms with Gasteiger partial charge >= 0.3 is 0 Å². The Labute approximate surface area is 97.0 Å². The van der Waals surface area contributed by atoms with E-state index in [-0.39, 0.29) is 5.60 Å². The van der Waals surface area contributed by atoms with Crippen LogP contribution in [0.25, 0.3) is 0 Å². The number of rotatable bonds is 5. The third-order valence-corrected chi connectivity index (χ3v) is 2.73. The van der Waals surface area contributed by atoms with E-state index in [1.165, 1.54) is 0 Å². The first-order valence-corrected chi connectivity index (χ1v) is 5.51. The summed E-state index contributed by atoms with van der Waals surface area (Å²) in [6.45, 7) is 6.78. The predicted octanol–water partition coefficient (Wildman–Crippen LogP) is 1.40. The zero-order valence-electron chi connectivity index (χ0n) is 10.8. The fourth-order valence-electron chi connectivity index (χ4n) is 1.44. The number of nitrogen functional groups attached to an aromatic ring is 1. The van der Waals surface area contributed by atoms with Gasteiger partial charge in [0.15, 0.2) is 0 Å². The van der Waals surface area contributed by atoms with E-state index in [4.69, 9.17) is 10.5 Å². The van der Waals surface area contributed by atoms with E-state index in [1.807, 2.05) is 27.8 Å². The highest BCUT2D eigenvalue weighted by molar-refractivity contribution is 5.65. The molecule has 92 valence electrons. The fourth-order valence-corrected chi connectivity index (χ4v) is 1.44. The summed E-state index contributed by atoms with van der Waals surface area (Å²) in [6.07, 6.45) is 0.842. The highest BCUT2D eigenvalue weighted by Gasteiger charge is 2.18. The Balaban J connectivity index is 2.78. The van der Waals surface area contributed by atoms with E-state index in [1.54, 1.807) is 11.8 Å². The molecule has 0 fully saturated rings. The van der Waals surface area contributed by atoms with Crippen LogP contribution < -0.4 is 11.1 Å². The van der Waals surface area contributed by atoms with Crippen LogP contribution >= 0.6 is 0 Å². The molecule has 3 N–H and O–H groups in total. The van der Waals surface area contributed by atoms with Crippen LogP contribution in [0.3, 0.4) is 0 Å². The second-order valence-corrected chi connectivity index (χ2v) is 4.50. The second kappa shape index (κ2) is 4.74. The Kier molecular flexibility index (Phi) is 3.80. The predicted molar refractivity (Wildman–Crippen MR) is 66.6 cm³/mol. The van der Waals surface area contributed by atoms with Crippen molar-refractivity contribution in [2.75, 3.05) is 24.7 Å². The van der Waals surface area contributed by atoms with Gasteiger partial charge in [0, 0.05) is 20.7 Å². The summed E-state index contributed by atoms with van der Waals surface area (Å²) >= 11 is 0. The minimum atomic E-state index is -0.219. The molecule has 0 amide bonds. The van der Waals surface area contributed by atoms with Gasteiger partial charge in [-0.2, -0.15) is 5.10 Å². The summed E-state index contributed by atoms with van der Waals surface area (Å²) in [7, 11) is 3.59. The molecule has 0 radical (unpaired) electrons. The van der Waals surface area contributed by atoms with E-state index >= 15 is 0 Å². The van der Waals surface area contributed by atoms with Crippen molar-refractivity contribution in [3.05, 3.63) is 5.69 Å². The van der Waals surface area contributed by atoms with Crippen LogP contribution in [0, 0.1) is 0 Å². The topological polar surface area (TPSA) is 65.1 Å². The van der Waals surface area contributed by atoms with Crippen molar-refractivity contribution in [2.24, 2.45) is 7.05 Å². The van der Waals surface area contributed by atoms with Crippen LogP contribution in [0.4, 0.5) is 11.5 Å². The van der Waals surface area contributed by atoms with E-state index in [0.29, 0.717) is 6.54 Å². The van der Waals surface area contributed by atoms with Crippen molar-refractivity contribution in [1.29, 1.82) is 0 Å². The second-order valence-electron chi connectivity index (χ2n) is 4.50. The number of anilines is 2. The number of hydrogen-bond donors (Lipinski definition) is 2. The number of nitrogens with one attached hydrogen (secondary N) is 1. The van der Waals surface area contributed by atoms with E-state index < -0.39 is 0 Å². The Hall–Kier alpha value is -1.23. The molecule has 0 saturated heterocycles. The summed E-state index contributed by atoms with van der Waals surface area (Å²) in [4.78, 5) is 0. The third-order valence-electron chi connectivity index (χ3n) is 2.73. The molecule has 1 heterocycles. The molecule has 1 aromatic heterocycles. The molecular formula is C11H22N4O. The smallest absolute Gasteiger partial charge is 0.147 e. The molecule has 0 aliphatic carbocycles. The van der Waals surface area contributed by atoms with Crippen LogP contribution in [-0.4, -0.2) is 29.0 Å². The van der Waals surface area contributed by atoms with Crippen molar-refractivity contribution < 1.29 is 4.74 Å². The molecule has 0 unspecified atom stereocenters. The molecule has 16 heavy (non-hydrogen) atoms. The molecule has 0 spiro atoms. The number of aryl methyl sites for hydroxylation is 2. The quantitative estimate of drug-likeness (QED) is 0.796. The number of aromatic nitrogens is 2. The van der Waals surface area contributed by atoms with Gasteiger partial charge in [-0.15, -0.1) is 0 Å². The largest absolute Gasteiger partial charge is 0.394 e. The van der Waals surface area contributed by atoms with Crippen LogP contribution in [0.1, 0.15) is 26.5 Å². The average molecular weight is 226 g/mol. The van der Waals surface area contributed by atoms with Gasteiger partial charge in [0.2, 0.25) is 0 Å². The average Bonchev–Trinajstić information content (AvgIpc) is 2.51. The monoisotopic (exact) mass is 226 g/mol. The molecule has 1 rings (SSSR count). The van der Waals surface area contributed by atoms with Crippen molar-refractivity contribution >= 4 is 11.5 Å². The first-order valence-electron chi connectivity index (χ1n) is 5.51. The van der Waals surface area contributed by atoms with Crippen molar-refractivity contribution in [2.45, 2.75) is 32.8 Å². The van der Waals surface area contributed by atoms with Gasteiger partial charge in [-0.1, -0.05) is 6.92 Å². The van der Waals surface area contributed by atoms with Crippen LogP contribution in [0.2, 0.25) is 0 Å². The molecule has 0 aromatic carbocycles. The first-order chi connectivity index (χ1) is 7.41. The SMILES string of the molecule is CCc1nn(C)c(NCC(C)(C)OC)c1N. The summed E-state index contributed by atoms with van der Waals surface area (Å²) in [5.74, 6) is 0.863. The Morgan fingerprint density at radius 1 is 1.50 bits per heavy atom. The molecule has 0 aliphatic rings. The van der Waals surface area contributed by atoms with Gasteiger partial charge in [0.25, 0.3) is 0 Å². The lowest BCUT2D eigenvalue weighted by molar-refractivity contribution is 0.0343. The molecule has 0 saturated carbocycles. The number of methoxy groups -OCH3 is 1. The molecule has 5 heteroatoms. The molecule has 1 aromatic rings.